The summed E-state index contributed by atoms with van der Waals surface area (Å²) in [6, 6.07) is 7.15. The van der Waals surface area contributed by atoms with Gasteiger partial charge in [0, 0.05) is 32.7 Å². The molecule has 0 bridgehead atoms. The van der Waals surface area contributed by atoms with Crippen LogP contribution >= 0.6 is 0 Å². The van der Waals surface area contributed by atoms with Gasteiger partial charge in [-0.1, -0.05) is 25.0 Å². The largest absolute Gasteiger partial charge is 0.366 e. The van der Waals surface area contributed by atoms with Crippen molar-refractivity contribution in [3.63, 3.8) is 0 Å². The van der Waals surface area contributed by atoms with Crippen LogP contribution in [0.25, 0.3) is 0 Å². The van der Waals surface area contributed by atoms with E-state index < -0.39 is 5.91 Å². The smallest absolute Gasteiger partial charge is 0.248 e. The van der Waals surface area contributed by atoms with E-state index in [2.05, 4.69) is 15.6 Å². The molecule has 7 heteroatoms. The number of amides is 2. The Kier molecular flexibility index (Phi) is 7.21. The molecule has 0 spiro atoms. The van der Waals surface area contributed by atoms with E-state index in [4.69, 9.17) is 5.73 Å². The maximum Gasteiger partial charge on any atom is 0.248 e. The zero-order valence-corrected chi connectivity index (χ0v) is 16.5. The molecule has 0 unspecified atom stereocenters. The zero-order chi connectivity index (χ0) is 19.9. The SMILES string of the molecule is CCNC(=NCc1cccc(C(N)=O)c1)NCC1(C(=O)N(C)C)CCCC1. The van der Waals surface area contributed by atoms with E-state index in [1.54, 1.807) is 23.1 Å². The molecule has 4 N–H and O–H groups in total. The number of hydrogen-bond donors (Lipinski definition) is 3. The van der Waals surface area contributed by atoms with Crippen LogP contribution in [0.2, 0.25) is 0 Å². The number of benzene rings is 1. The van der Waals surface area contributed by atoms with Gasteiger partial charge in [0.2, 0.25) is 11.8 Å². The molecule has 0 heterocycles. The lowest BCUT2D eigenvalue weighted by molar-refractivity contribution is -0.138. The van der Waals surface area contributed by atoms with Crippen LogP contribution in [0.3, 0.4) is 0 Å². The van der Waals surface area contributed by atoms with Gasteiger partial charge in [0.15, 0.2) is 5.96 Å². The van der Waals surface area contributed by atoms with Crippen molar-refractivity contribution in [2.24, 2.45) is 16.1 Å². The monoisotopic (exact) mass is 373 g/mol. The fourth-order valence-electron chi connectivity index (χ4n) is 3.58. The third-order valence-corrected chi connectivity index (χ3v) is 4.99. The van der Waals surface area contributed by atoms with E-state index >= 15 is 0 Å². The van der Waals surface area contributed by atoms with Crippen molar-refractivity contribution in [2.75, 3.05) is 27.2 Å². The van der Waals surface area contributed by atoms with Gasteiger partial charge in [-0.3, -0.25) is 9.59 Å². The molecular formula is C20H31N5O2. The molecule has 2 rings (SSSR count). The standard InChI is InChI=1S/C20H31N5O2/c1-4-22-19(23-13-15-8-7-9-16(12-15)17(21)26)24-14-20(10-5-6-11-20)18(27)25(2)3/h7-9,12H,4-6,10-11,13-14H2,1-3H3,(H2,21,26)(H2,22,23,24). The Morgan fingerprint density at radius 1 is 1.22 bits per heavy atom. The number of nitrogens with zero attached hydrogens (tertiary/aromatic N) is 2. The lowest BCUT2D eigenvalue weighted by atomic mass is 9.84. The summed E-state index contributed by atoms with van der Waals surface area (Å²) in [7, 11) is 3.63. The Hall–Kier alpha value is -2.57. The molecule has 7 nitrogen and oxygen atoms in total. The Morgan fingerprint density at radius 2 is 1.93 bits per heavy atom. The van der Waals surface area contributed by atoms with Crippen molar-refractivity contribution >= 4 is 17.8 Å². The van der Waals surface area contributed by atoms with E-state index in [0.717, 1.165) is 37.8 Å². The average Bonchev–Trinajstić information content (AvgIpc) is 3.13. The predicted octanol–water partition coefficient (Wildman–Crippen LogP) is 1.49. The van der Waals surface area contributed by atoms with E-state index in [9.17, 15) is 9.59 Å². The number of aliphatic imine (C=N–C) groups is 1. The van der Waals surface area contributed by atoms with E-state index in [-0.39, 0.29) is 11.3 Å². The number of carbonyl (C=O) groups excluding carboxylic acids is 2. The molecule has 0 atom stereocenters. The number of carbonyl (C=O) groups is 2. The number of hydrogen-bond acceptors (Lipinski definition) is 3. The number of rotatable bonds is 7. The maximum atomic E-state index is 12.7. The highest BCUT2D eigenvalue weighted by Gasteiger charge is 2.42. The van der Waals surface area contributed by atoms with Crippen molar-refractivity contribution in [1.82, 2.24) is 15.5 Å². The van der Waals surface area contributed by atoms with Gasteiger partial charge in [-0.25, -0.2) is 4.99 Å². The van der Waals surface area contributed by atoms with Gasteiger partial charge < -0.3 is 21.3 Å². The van der Waals surface area contributed by atoms with Crippen molar-refractivity contribution in [2.45, 2.75) is 39.2 Å². The predicted molar refractivity (Wildman–Crippen MR) is 107 cm³/mol. The quantitative estimate of drug-likeness (QED) is 0.498. The summed E-state index contributed by atoms with van der Waals surface area (Å²) in [4.78, 5) is 30.3. The van der Waals surface area contributed by atoms with Crippen LogP contribution in [-0.4, -0.2) is 49.9 Å². The highest BCUT2D eigenvalue weighted by molar-refractivity contribution is 5.92. The Balaban J connectivity index is 2.08. The third-order valence-electron chi connectivity index (χ3n) is 4.99. The Bertz CT molecular complexity index is 693. The third kappa shape index (κ3) is 5.45. The summed E-state index contributed by atoms with van der Waals surface area (Å²) >= 11 is 0. The van der Waals surface area contributed by atoms with Crippen LogP contribution in [0, 0.1) is 5.41 Å². The van der Waals surface area contributed by atoms with Crippen LogP contribution < -0.4 is 16.4 Å². The first kappa shape index (κ1) is 20.7. The van der Waals surface area contributed by atoms with Crippen LogP contribution in [0.15, 0.2) is 29.3 Å². The molecule has 1 aromatic rings. The highest BCUT2D eigenvalue weighted by atomic mass is 16.2. The molecule has 1 fully saturated rings. The van der Waals surface area contributed by atoms with Gasteiger partial charge in [-0.15, -0.1) is 0 Å². The van der Waals surface area contributed by atoms with Crippen molar-refractivity contribution in [3.05, 3.63) is 35.4 Å². The molecule has 1 aliphatic rings. The number of nitrogens with one attached hydrogen (secondary N) is 2. The van der Waals surface area contributed by atoms with E-state index in [1.165, 1.54) is 0 Å². The Morgan fingerprint density at radius 3 is 2.52 bits per heavy atom. The first-order chi connectivity index (χ1) is 12.9. The fraction of sp³-hybridized carbons (Fsp3) is 0.550. The molecule has 1 aliphatic carbocycles. The summed E-state index contributed by atoms with van der Waals surface area (Å²) < 4.78 is 0. The van der Waals surface area contributed by atoms with Gasteiger partial charge in [0.1, 0.15) is 0 Å². The lowest BCUT2D eigenvalue weighted by Crippen LogP contribution is -2.49. The first-order valence-corrected chi connectivity index (χ1v) is 9.50. The number of nitrogens with two attached hydrogens (primary N) is 1. The minimum absolute atomic E-state index is 0.178. The van der Waals surface area contributed by atoms with Crippen molar-refractivity contribution in [1.29, 1.82) is 0 Å². The van der Waals surface area contributed by atoms with Gasteiger partial charge in [0.05, 0.1) is 12.0 Å². The van der Waals surface area contributed by atoms with Crippen LogP contribution in [-0.2, 0) is 11.3 Å². The molecule has 27 heavy (non-hydrogen) atoms. The molecule has 1 saturated carbocycles. The summed E-state index contributed by atoms with van der Waals surface area (Å²) in [5.74, 6) is 0.397. The molecule has 0 aliphatic heterocycles. The minimum atomic E-state index is -0.448. The summed E-state index contributed by atoms with van der Waals surface area (Å²) in [6.45, 7) is 3.71. The molecule has 148 valence electrons. The van der Waals surface area contributed by atoms with Gasteiger partial charge in [-0.2, -0.15) is 0 Å². The molecule has 0 aromatic heterocycles. The van der Waals surface area contributed by atoms with Gasteiger partial charge in [0.25, 0.3) is 0 Å². The fourth-order valence-corrected chi connectivity index (χ4v) is 3.58. The van der Waals surface area contributed by atoms with Gasteiger partial charge >= 0.3 is 0 Å². The molecule has 1 aromatic carbocycles. The second-order valence-corrected chi connectivity index (χ2v) is 7.30. The summed E-state index contributed by atoms with van der Waals surface area (Å²) in [6.07, 6.45) is 3.96. The molecule has 2 amide bonds. The van der Waals surface area contributed by atoms with E-state index in [1.807, 2.05) is 27.1 Å². The maximum absolute atomic E-state index is 12.7. The van der Waals surface area contributed by atoms with Crippen molar-refractivity contribution < 1.29 is 9.59 Å². The topological polar surface area (TPSA) is 99.8 Å². The normalized spacial score (nSPS) is 16.0. The second kappa shape index (κ2) is 9.39. The van der Waals surface area contributed by atoms with Gasteiger partial charge in [-0.05, 0) is 37.5 Å². The number of primary amides is 1. The molecular weight excluding hydrogens is 342 g/mol. The van der Waals surface area contributed by atoms with Crippen LogP contribution in [0.1, 0.15) is 48.5 Å². The lowest BCUT2D eigenvalue weighted by Gasteiger charge is -2.31. The molecule has 0 radical (unpaired) electrons. The van der Waals surface area contributed by atoms with Crippen LogP contribution in [0.5, 0.6) is 0 Å². The zero-order valence-electron chi connectivity index (χ0n) is 16.5. The average molecular weight is 374 g/mol. The Labute approximate surface area is 161 Å². The summed E-state index contributed by atoms with van der Waals surface area (Å²) in [5, 5.41) is 6.57. The van der Waals surface area contributed by atoms with Crippen molar-refractivity contribution in [3.8, 4) is 0 Å². The van der Waals surface area contributed by atoms with Crippen LogP contribution in [0.4, 0.5) is 0 Å². The first-order valence-electron chi connectivity index (χ1n) is 9.50. The van der Waals surface area contributed by atoms with E-state index in [0.29, 0.717) is 24.6 Å². The minimum Gasteiger partial charge on any atom is -0.366 e. The molecule has 0 saturated heterocycles. The highest BCUT2D eigenvalue weighted by Crippen LogP contribution is 2.38. The number of guanidine groups is 1. The summed E-state index contributed by atoms with van der Waals surface area (Å²) in [5.41, 5.74) is 6.36. The second-order valence-electron chi connectivity index (χ2n) is 7.30.